The first-order chi connectivity index (χ1) is 6.27. The summed E-state index contributed by atoms with van der Waals surface area (Å²) in [7, 11) is -3.91. The van der Waals surface area contributed by atoms with Crippen LogP contribution < -0.4 is 0 Å². The van der Waals surface area contributed by atoms with Gasteiger partial charge in [0.25, 0.3) is 10.1 Å². The van der Waals surface area contributed by atoms with E-state index in [0.717, 1.165) is 0 Å². The van der Waals surface area contributed by atoms with E-state index >= 15 is 0 Å². The predicted octanol–water partition coefficient (Wildman–Crippen LogP) is 1.31. The van der Waals surface area contributed by atoms with E-state index in [1.807, 2.05) is 5.92 Å². The maximum Gasteiger partial charge on any atom is 0.389 e. The van der Waals surface area contributed by atoms with Crippen LogP contribution in [-0.4, -0.2) is 27.0 Å². The van der Waals surface area contributed by atoms with Gasteiger partial charge in [-0.2, -0.15) is 21.6 Å². The van der Waals surface area contributed by atoms with Crippen LogP contribution in [-0.2, 0) is 14.3 Å². The highest BCUT2D eigenvalue weighted by molar-refractivity contribution is 7.86. The minimum atomic E-state index is -4.35. The molecule has 0 bridgehead atoms. The van der Waals surface area contributed by atoms with Crippen molar-refractivity contribution >= 4 is 10.1 Å². The van der Waals surface area contributed by atoms with Gasteiger partial charge in [-0.25, -0.2) is 0 Å². The maximum atomic E-state index is 11.6. The van der Waals surface area contributed by atoms with Crippen LogP contribution in [0.2, 0.25) is 0 Å². The van der Waals surface area contributed by atoms with Crippen molar-refractivity contribution in [2.75, 3.05) is 12.4 Å². The van der Waals surface area contributed by atoms with E-state index in [1.54, 1.807) is 0 Å². The summed E-state index contributed by atoms with van der Waals surface area (Å²) >= 11 is 0. The van der Waals surface area contributed by atoms with Crippen LogP contribution in [0.15, 0.2) is 0 Å². The summed E-state index contributed by atoms with van der Waals surface area (Å²) in [6, 6.07) is 0. The van der Waals surface area contributed by atoms with Crippen LogP contribution in [0.25, 0.3) is 0 Å². The molecule has 0 radical (unpaired) electrons. The van der Waals surface area contributed by atoms with E-state index < -0.39 is 41.5 Å². The zero-order valence-electron chi connectivity index (χ0n) is 7.17. The molecule has 0 aliphatic rings. The van der Waals surface area contributed by atoms with E-state index in [-0.39, 0.29) is 0 Å². The third-order valence-electron chi connectivity index (χ3n) is 1.18. The van der Waals surface area contributed by atoms with Crippen molar-refractivity contribution in [1.82, 2.24) is 0 Å². The van der Waals surface area contributed by atoms with Crippen molar-refractivity contribution in [1.29, 1.82) is 0 Å². The van der Waals surface area contributed by atoms with Crippen molar-refractivity contribution in [3.8, 4) is 12.3 Å². The molecule has 0 aromatic carbocycles. The second-order valence-electron chi connectivity index (χ2n) is 2.45. The van der Waals surface area contributed by atoms with Crippen molar-refractivity contribution in [3.05, 3.63) is 0 Å². The van der Waals surface area contributed by atoms with Crippen LogP contribution >= 0.6 is 0 Å². The largest absolute Gasteiger partial charge is 0.389 e. The zero-order chi connectivity index (χ0) is 11.2. The Morgan fingerprint density at radius 3 is 2.36 bits per heavy atom. The van der Waals surface area contributed by atoms with Gasteiger partial charge in [0.1, 0.15) is 6.61 Å². The molecule has 7 heteroatoms. The Morgan fingerprint density at radius 2 is 1.93 bits per heavy atom. The van der Waals surface area contributed by atoms with Gasteiger partial charge in [0.05, 0.1) is 5.75 Å². The number of rotatable bonds is 5. The molecule has 0 aliphatic carbocycles. The van der Waals surface area contributed by atoms with Gasteiger partial charge in [-0.05, 0) is 6.42 Å². The minimum absolute atomic E-state index is 0.450. The number of hydrogen-bond acceptors (Lipinski definition) is 3. The van der Waals surface area contributed by atoms with Gasteiger partial charge in [-0.15, -0.1) is 6.42 Å². The zero-order valence-corrected chi connectivity index (χ0v) is 7.99. The smallest absolute Gasteiger partial charge is 0.257 e. The minimum Gasteiger partial charge on any atom is -0.257 e. The molecule has 0 fully saturated rings. The number of terminal acetylenes is 1. The predicted molar refractivity (Wildman–Crippen MR) is 43.9 cm³/mol. The lowest BCUT2D eigenvalue weighted by Crippen LogP contribution is -2.14. The molecule has 0 atom stereocenters. The molecule has 0 saturated carbocycles. The van der Waals surface area contributed by atoms with Gasteiger partial charge >= 0.3 is 6.18 Å². The van der Waals surface area contributed by atoms with Crippen LogP contribution in [0.3, 0.4) is 0 Å². The quantitative estimate of drug-likeness (QED) is 0.528. The van der Waals surface area contributed by atoms with Crippen molar-refractivity contribution < 1.29 is 25.8 Å². The summed E-state index contributed by atoms with van der Waals surface area (Å²) in [6.07, 6.45) is -1.30. The number of hydrogen-bond donors (Lipinski definition) is 0. The van der Waals surface area contributed by atoms with Crippen LogP contribution in [0.5, 0.6) is 0 Å². The summed E-state index contributed by atoms with van der Waals surface area (Å²) in [5.74, 6) is 1.23. The molecule has 0 aliphatic heterocycles. The van der Waals surface area contributed by atoms with Gasteiger partial charge in [-0.1, -0.05) is 5.92 Å². The van der Waals surface area contributed by atoms with Gasteiger partial charge in [0.2, 0.25) is 0 Å². The number of halogens is 3. The lowest BCUT2D eigenvalue weighted by molar-refractivity contribution is -0.134. The van der Waals surface area contributed by atoms with E-state index in [0.29, 0.717) is 0 Å². The highest BCUT2D eigenvalue weighted by Crippen LogP contribution is 2.21. The third kappa shape index (κ3) is 7.89. The summed E-state index contributed by atoms with van der Waals surface area (Å²) in [6.45, 7) is -0.450. The van der Waals surface area contributed by atoms with Gasteiger partial charge in [0.15, 0.2) is 0 Å². The molecular weight excluding hydrogens is 221 g/mol. The molecule has 0 spiro atoms. The van der Waals surface area contributed by atoms with E-state index in [4.69, 9.17) is 6.42 Å². The molecule has 14 heavy (non-hydrogen) atoms. The number of alkyl halides is 3. The highest BCUT2D eigenvalue weighted by atomic mass is 32.2. The van der Waals surface area contributed by atoms with E-state index in [9.17, 15) is 21.6 Å². The van der Waals surface area contributed by atoms with Gasteiger partial charge < -0.3 is 0 Å². The molecule has 0 rings (SSSR count). The van der Waals surface area contributed by atoms with E-state index in [2.05, 4.69) is 4.18 Å². The average Bonchev–Trinajstić information content (AvgIpc) is 1.98. The molecule has 0 N–H and O–H groups in total. The molecule has 0 aromatic rings. The van der Waals surface area contributed by atoms with Crippen molar-refractivity contribution in [3.63, 3.8) is 0 Å². The lowest BCUT2D eigenvalue weighted by Gasteiger charge is -2.05. The topological polar surface area (TPSA) is 43.4 Å². The normalized spacial score (nSPS) is 12.4. The SMILES string of the molecule is C#CCOS(=O)(=O)CCCC(F)(F)F. The Hall–Kier alpha value is -0.740. The summed E-state index contributed by atoms with van der Waals surface area (Å²) in [5.41, 5.74) is 0. The fourth-order valence-electron chi connectivity index (χ4n) is 0.632. The van der Waals surface area contributed by atoms with Crippen molar-refractivity contribution in [2.45, 2.75) is 19.0 Å². The first-order valence-corrected chi connectivity index (χ1v) is 5.22. The second kappa shape index (κ2) is 5.22. The average molecular weight is 230 g/mol. The Labute approximate surface area is 80.4 Å². The first-order valence-electron chi connectivity index (χ1n) is 3.64. The van der Waals surface area contributed by atoms with Gasteiger partial charge in [-0.3, -0.25) is 4.18 Å². The Morgan fingerprint density at radius 1 is 1.36 bits per heavy atom. The van der Waals surface area contributed by atoms with Crippen LogP contribution in [0.1, 0.15) is 12.8 Å². The maximum absolute atomic E-state index is 11.6. The summed E-state index contributed by atoms with van der Waals surface area (Å²) < 4.78 is 60.6. The molecule has 3 nitrogen and oxygen atoms in total. The molecule has 0 amide bonds. The molecule has 0 saturated heterocycles. The van der Waals surface area contributed by atoms with Crippen LogP contribution in [0, 0.1) is 12.3 Å². The third-order valence-corrected chi connectivity index (χ3v) is 2.44. The Kier molecular flexibility index (Phi) is 4.94. The van der Waals surface area contributed by atoms with E-state index in [1.165, 1.54) is 0 Å². The van der Waals surface area contributed by atoms with Gasteiger partial charge in [0, 0.05) is 6.42 Å². The highest BCUT2D eigenvalue weighted by Gasteiger charge is 2.27. The fraction of sp³-hybridized carbons (Fsp3) is 0.714. The molecule has 0 aromatic heterocycles. The Balaban J connectivity index is 3.85. The Bertz CT molecular complexity index is 299. The lowest BCUT2D eigenvalue weighted by atomic mass is 10.3. The molecule has 0 heterocycles. The first kappa shape index (κ1) is 13.3. The summed E-state index contributed by atoms with van der Waals surface area (Å²) in [4.78, 5) is 0. The summed E-state index contributed by atoms with van der Waals surface area (Å²) in [5, 5.41) is 0. The monoisotopic (exact) mass is 230 g/mol. The fourth-order valence-corrected chi connectivity index (χ4v) is 1.50. The molecule has 82 valence electrons. The molecule has 0 unspecified atom stereocenters. The second-order valence-corrected chi connectivity index (χ2v) is 4.21. The van der Waals surface area contributed by atoms with Crippen LogP contribution in [0.4, 0.5) is 13.2 Å². The standard InChI is InChI=1S/C7H9F3O3S/c1-2-5-13-14(11,12)6-3-4-7(8,9)10/h1H,3-6H2. The molecular formula is C7H9F3O3S. The van der Waals surface area contributed by atoms with Crippen molar-refractivity contribution in [2.24, 2.45) is 0 Å².